The van der Waals surface area contributed by atoms with E-state index in [-0.39, 0.29) is 0 Å². The lowest BCUT2D eigenvalue weighted by atomic mass is 9.98. The number of hydrogen-bond acceptors (Lipinski definition) is 7. The first kappa shape index (κ1) is 11.8. The number of ether oxygens (including phenoxy) is 2. The molecule has 1 rings (SSSR count). The predicted octanol–water partition coefficient (Wildman–Crippen LogP) is -3.28. The highest BCUT2D eigenvalue weighted by atomic mass is 16.7. The minimum absolute atomic E-state index is 1.11. The molecular formula is C7H15NO6. The third-order valence-electron chi connectivity index (χ3n) is 2.18. The molecule has 0 aliphatic carbocycles. The Morgan fingerprint density at radius 2 is 1.79 bits per heavy atom. The van der Waals surface area contributed by atoms with Gasteiger partial charge >= 0.3 is 0 Å². The summed E-state index contributed by atoms with van der Waals surface area (Å²) in [7, 11) is 1.26. The molecule has 6 atom stereocenters. The summed E-state index contributed by atoms with van der Waals surface area (Å²) in [6.07, 6.45) is -8.03. The Morgan fingerprint density at radius 1 is 1.21 bits per heavy atom. The van der Waals surface area contributed by atoms with Crippen molar-refractivity contribution in [3.63, 3.8) is 0 Å². The highest BCUT2D eigenvalue weighted by Gasteiger charge is 2.45. The van der Waals surface area contributed by atoms with Gasteiger partial charge in [0.05, 0.1) is 0 Å². The van der Waals surface area contributed by atoms with E-state index in [9.17, 15) is 15.3 Å². The monoisotopic (exact) mass is 209 g/mol. The number of aliphatic hydroxyl groups excluding tert-OH is 4. The third kappa shape index (κ3) is 2.04. The summed E-state index contributed by atoms with van der Waals surface area (Å²) in [5.41, 5.74) is 5.10. The summed E-state index contributed by atoms with van der Waals surface area (Å²) in [6, 6.07) is 0. The molecule has 1 heterocycles. The molecule has 14 heavy (non-hydrogen) atoms. The molecule has 0 aromatic heterocycles. The second kappa shape index (κ2) is 4.49. The van der Waals surface area contributed by atoms with E-state index in [0.717, 1.165) is 0 Å². The lowest BCUT2D eigenvalue weighted by molar-refractivity contribution is -0.303. The van der Waals surface area contributed by atoms with E-state index in [2.05, 4.69) is 0 Å². The van der Waals surface area contributed by atoms with Crippen LogP contribution in [0.25, 0.3) is 0 Å². The maximum Gasteiger partial charge on any atom is 0.186 e. The molecule has 0 aromatic rings. The van der Waals surface area contributed by atoms with Crippen molar-refractivity contribution in [2.24, 2.45) is 5.73 Å². The molecule has 7 heteroatoms. The van der Waals surface area contributed by atoms with Gasteiger partial charge in [0.25, 0.3) is 0 Å². The van der Waals surface area contributed by atoms with Crippen molar-refractivity contribution in [1.82, 2.24) is 0 Å². The normalized spacial score (nSPS) is 46.3. The summed E-state index contributed by atoms with van der Waals surface area (Å²) >= 11 is 0. The zero-order valence-corrected chi connectivity index (χ0v) is 7.65. The van der Waals surface area contributed by atoms with Gasteiger partial charge in [0.1, 0.15) is 30.6 Å². The Bertz CT molecular complexity index is 187. The van der Waals surface area contributed by atoms with Crippen molar-refractivity contribution in [3.05, 3.63) is 0 Å². The molecule has 0 radical (unpaired) electrons. The highest BCUT2D eigenvalue weighted by Crippen LogP contribution is 2.22. The Morgan fingerprint density at radius 3 is 2.21 bits per heavy atom. The average molecular weight is 209 g/mol. The van der Waals surface area contributed by atoms with Crippen molar-refractivity contribution in [3.8, 4) is 0 Å². The molecule has 1 aliphatic rings. The molecule has 0 amide bonds. The van der Waals surface area contributed by atoms with E-state index in [4.69, 9.17) is 20.3 Å². The number of aliphatic hydroxyl groups is 4. The molecule has 84 valence electrons. The van der Waals surface area contributed by atoms with Crippen molar-refractivity contribution in [2.45, 2.75) is 36.9 Å². The lowest BCUT2D eigenvalue weighted by Gasteiger charge is -2.40. The van der Waals surface area contributed by atoms with Crippen LogP contribution in [0.15, 0.2) is 0 Å². The van der Waals surface area contributed by atoms with Gasteiger partial charge in [-0.2, -0.15) is 0 Å². The quantitative estimate of drug-likeness (QED) is 0.302. The number of methoxy groups -OCH3 is 1. The Balaban J connectivity index is 2.73. The van der Waals surface area contributed by atoms with Crippen LogP contribution in [-0.4, -0.2) is 64.5 Å². The molecule has 0 spiro atoms. The van der Waals surface area contributed by atoms with Crippen LogP contribution in [0.4, 0.5) is 0 Å². The molecule has 1 aliphatic heterocycles. The van der Waals surface area contributed by atoms with Gasteiger partial charge in [-0.1, -0.05) is 0 Å². The molecule has 1 fully saturated rings. The first-order valence-corrected chi connectivity index (χ1v) is 4.15. The number of nitrogens with two attached hydrogens (primary N) is 1. The van der Waals surface area contributed by atoms with Gasteiger partial charge in [0.15, 0.2) is 6.29 Å². The van der Waals surface area contributed by atoms with Gasteiger partial charge in [-0.25, -0.2) is 0 Å². The van der Waals surface area contributed by atoms with Crippen LogP contribution in [0, 0.1) is 0 Å². The largest absolute Gasteiger partial charge is 0.387 e. The molecule has 0 aromatic carbocycles. The molecule has 1 saturated heterocycles. The van der Waals surface area contributed by atoms with Gasteiger partial charge in [-0.3, -0.25) is 0 Å². The summed E-state index contributed by atoms with van der Waals surface area (Å²) in [5, 5.41) is 37.0. The van der Waals surface area contributed by atoms with Crippen molar-refractivity contribution < 1.29 is 29.9 Å². The summed E-state index contributed by atoms with van der Waals surface area (Å²) in [5.74, 6) is 0. The Hall–Kier alpha value is -0.280. The SMILES string of the molecule is CO[C@@H]1O[C@H]([C@@H](N)O)[C@H](O)[C@H](O)[C@H]1O. The van der Waals surface area contributed by atoms with Crippen LogP contribution in [-0.2, 0) is 9.47 Å². The molecule has 0 bridgehead atoms. The van der Waals surface area contributed by atoms with Crippen LogP contribution >= 0.6 is 0 Å². The highest BCUT2D eigenvalue weighted by molar-refractivity contribution is 4.90. The lowest BCUT2D eigenvalue weighted by Crippen LogP contribution is -2.62. The predicted molar refractivity (Wildman–Crippen MR) is 43.9 cm³/mol. The van der Waals surface area contributed by atoms with E-state index < -0.39 is 36.9 Å². The van der Waals surface area contributed by atoms with Crippen LogP contribution in [0.1, 0.15) is 0 Å². The van der Waals surface area contributed by atoms with Gasteiger partial charge in [0, 0.05) is 7.11 Å². The molecule has 0 saturated carbocycles. The van der Waals surface area contributed by atoms with E-state index in [0.29, 0.717) is 0 Å². The maximum absolute atomic E-state index is 9.36. The van der Waals surface area contributed by atoms with E-state index in [1.54, 1.807) is 0 Å². The fourth-order valence-corrected chi connectivity index (χ4v) is 1.35. The van der Waals surface area contributed by atoms with Crippen LogP contribution in [0.2, 0.25) is 0 Å². The van der Waals surface area contributed by atoms with Gasteiger partial charge in [-0.05, 0) is 0 Å². The number of hydrogen-bond donors (Lipinski definition) is 5. The third-order valence-corrected chi connectivity index (χ3v) is 2.18. The van der Waals surface area contributed by atoms with Crippen LogP contribution in [0.3, 0.4) is 0 Å². The Labute approximate surface area is 80.7 Å². The average Bonchev–Trinajstić information content (AvgIpc) is 2.14. The van der Waals surface area contributed by atoms with E-state index in [1.165, 1.54) is 7.11 Å². The van der Waals surface area contributed by atoms with E-state index >= 15 is 0 Å². The van der Waals surface area contributed by atoms with Crippen molar-refractivity contribution in [2.75, 3.05) is 7.11 Å². The summed E-state index contributed by atoms with van der Waals surface area (Å²) < 4.78 is 9.63. The van der Waals surface area contributed by atoms with Crippen LogP contribution in [0.5, 0.6) is 0 Å². The van der Waals surface area contributed by atoms with Gasteiger partial charge in [-0.15, -0.1) is 0 Å². The van der Waals surface area contributed by atoms with Crippen LogP contribution < -0.4 is 5.73 Å². The second-order valence-electron chi connectivity index (χ2n) is 3.17. The van der Waals surface area contributed by atoms with E-state index in [1.807, 2.05) is 0 Å². The second-order valence-corrected chi connectivity index (χ2v) is 3.17. The minimum Gasteiger partial charge on any atom is -0.387 e. The zero-order chi connectivity index (χ0) is 10.9. The smallest absolute Gasteiger partial charge is 0.186 e. The maximum atomic E-state index is 9.36. The first-order valence-electron chi connectivity index (χ1n) is 4.15. The Kier molecular flexibility index (Phi) is 3.78. The standard InChI is InChI=1S/C7H15NO6/c1-13-7-4(11)2(9)3(10)5(14-7)6(8)12/h2-7,9-12H,8H2,1H3/t2-,3+,4+,5-,6-,7+/m0/s1. The zero-order valence-electron chi connectivity index (χ0n) is 7.65. The summed E-state index contributed by atoms with van der Waals surface area (Å²) in [4.78, 5) is 0. The molecule has 7 nitrogen and oxygen atoms in total. The van der Waals surface area contributed by atoms with Crippen molar-refractivity contribution in [1.29, 1.82) is 0 Å². The minimum atomic E-state index is -1.46. The topological polar surface area (TPSA) is 125 Å². The fourth-order valence-electron chi connectivity index (χ4n) is 1.35. The van der Waals surface area contributed by atoms with Crippen molar-refractivity contribution >= 4 is 0 Å². The summed E-state index contributed by atoms with van der Waals surface area (Å²) in [6.45, 7) is 0. The van der Waals surface area contributed by atoms with Gasteiger partial charge < -0.3 is 35.6 Å². The first-order chi connectivity index (χ1) is 6.49. The van der Waals surface area contributed by atoms with Gasteiger partial charge in [0.2, 0.25) is 0 Å². The molecular weight excluding hydrogens is 194 g/mol. The fraction of sp³-hybridized carbons (Fsp3) is 1.00. The number of rotatable bonds is 2. The molecule has 0 unspecified atom stereocenters. The molecule has 6 N–H and O–H groups in total.